The zero-order valence-electron chi connectivity index (χ0n) is 39.8. The lowest BCUT2D eigenvalue weighted by Crippen LogP contribution is -2.25. The summed E-state index contributed by atoms with van der Waals surface area (Å²) >= 11 is 1.82. The van der Waals surface area contributed by atoms with Crippen molar-refractivity contribution in [2.24, 2.45) is 4.99 Å². The molecule has 2 aliphatic rings. The predicted molar refractivity (Wildman–Crippen MR) is 304 cm³/mol. The van der Waals surface area contributed by atoms with Crippen molar-refractivity contribution in [1.29, 1.82) is 0 Å². The Kier molecular flexibility index (Phi) is 9.42. The maximum atomic E-state index is 6.30. The van der Waals surface area contributed by atoms with Gasteiger partial charge < -0.3 is 8.83 Å². The number of aliphatic imine (C=N–C) groups is 1. The van der Waals surface area contributed by atoms with E-state index in [1.54, 1.807) is 0 Å². The van der Waals surface area contributed by atoms with Crippen molar-refractivity contribution in [3.05, 3.63) is 264 Å². The monoisotopic (exact) mass is 939 g/mol. The fourth-order valence-corrected chi connectivity index (χ4v) is 13.3. The first-order valence-electron chi connectivity index (χ1n) is 24.5. The average Bonchev–Trinajstić information content (AvgIpc) is 4.24. The van der Waals surface area contributed by atoms with E-state index in [1.807, 2.05) is 47.7 Å². The molecule has 340 valence electrons. The highest BCUT2D eigenvalue weighted by molar-refractivity contribution is 7.25. The van der Waals surface area contributed by atoms with Crippen LogP contribution in [0, 0.1) is 0 Å². The second-order valence-electron chi connectivity index (χ2n) is 19.1. The van der Waals surface area contributed by atoms with E-state index in [1.165, 1.54) is 75.8 Å². The van der Waals surface area contributed by atoms with Gasteiger partial charge in [-0.05, 0) is 118 Å². The molecule has 0 atom stereocenters. The van der Waals surface area contributed by atoms with Crippen molar-refractivity contribution in [2.45, 2.75) is 19.3 Å². The molecule has 0 radical (unpaired) electrons. The predicted octanol–water partition coefficient (Wildman–Crippen LogP) is 19.1. The molecule has 0 N–H and O–H groups in total. The molecular weight excluding hydrogens is 895 g/mol. The zero-order valence-corrected chi connectivity index (χ0v) is 40.6. The summed E-state index contributed by atoms with van der Waals surface area (Å²) < 4.78 is 14.9. The Balaban J connectivity index is 0.000000139. The quantitative estimate of drug-likeness (QED) is 0.161. The molecule has 0 unspecified atom stereocenters. The number of allylic oxidation sites excluding steroid dienone is 1. The largest absolute Gasteiger partial charge is 0.456 e. The summed E-state index contributed by atoms with van der Waals surface area (Å²) in [6.45, 7) is 12.7. The van der Waals surface area contributed by atoms with Crippen LogP contribution in [0.15, 0.2) is 239 Å². The Morgan fingerprint density at radius 2 is 0.931 bits per heavy atom. The summed E-state index contributed by atoms with van der Waals surface area (Å²) in [5.41, 5.74) is 22.4. The molecule has 10 aromatic carbocycles. The van der Waals surface area contributed by atoms with Crippen molar-refractivity contribution in [3.63, 3.8) is 0 Å². The second kappa shape index (κ2) is 16.1. The van der Waals surface area contributed by atoms with Gasteiger partial charge in [0.2, 0.25) is 0 Å². The van der Waals surface area contributed by atoms with Gasteiger partial charge in [0.15, 0.2) is 0 Å². The summed E-state index contributed by atoms with van der Waals surface area (Å²) in [6, 6.07) is 75.9. The van der Waals surface area contributed by atoms with Crippen LogP contribution in [0.4, 0.5) is 0 Å². The lowest BCUT2D eigenvalue weighted by atomic mass is 9.70. The number of benzene rings is 10. The maximum Gasteiger partial charge on any atom is 0.136 e. The molecule has 3 heterocycles. The fourth-order valence-electron chi connectivity index (χ4n) is 12.1. The highest BCUT2D eigenvalue weighted by Gasteiger charge is 2.52. The van der Waals surface area contributed by atoms with E-state index in [0.717, 1.165) is 77.5 Å². The first-order valence-corrected chi connectivity index (χ1v) is 25.3. The summed E-state index contributed by atoms with van der Waals surface area (Å²) in [4.78, 5) is 4.98. The third kappa shape index (κ3) is 6.06. The Morgan fingerprint density at radius 1 is 0.417 bits per heavy atom. The third-order valence-corrected chi connectivity index (χ3v) is 16.2. The van der Waals surface area contributed by atoms with Gasteiger partial charge in [0, 0.05) is 58.6 Å². The van der Waals surface area contributed by atoms with E-state index in [9.17, 15) is 0 Å². The zero-order chi connectivity index (χ0) is 48.2. The van der Waals surface area contributed by atoms with E-state index >= 15 is 0 Å². The molecule has 0 saturated heterocycles. The molecule has 72 heavy (non-hydrogen) atoms. The van der Waals surface area contributed by atoms with Gasteiger partial charge in [-0.15, -0.1) is 11.3 Å². The number of furan rings is 2. The number of para-hydroxylation sites is 1. The molecule has 0 bridgehead atoms. The van der Waals surface area contributed by atoms with Gasteiger partial charge in [-0.3, -0.25) is 4.99 Å². The van der Waals surface area contributed by atoms with E-state index in [0.29, 0.717) is 0 Å². The Morgan fingerprint density at radius 3 is 1.67 bits per heavy atom. The minimum absolute atomic E-state index is 0.339. The topological polar surface area (TPSA) is 38.6 Å². The molecule has 15 rings (SSSR count). The molecular formula is C68H45NO2S. The van der Waals surface area contributed by atoms with E-state index < -0.39 is 0 Å². The fraction of sp³-hybridized carbons (Fsp3) is 0.0441. The number of thiophene rings is 1. The second-order valence-corrected chi connectivity index (χ2v) is 20.2. The van der Waals surface area contributed by atoms with Gasteiger partial charge in [0.05, 0.1) is 11.1 Å². The lowest BCUT2D eigenvalue weighted by molar-refractivity contribution is 0.668. The molecule has 4 heteroatoms. The van der Waals surface area contributed by atoms with Gasteiger partial charge in [0.25, 0.3) is 0 Å². The van der Waals surface area contributed by atoms with Crippen molar-refractivity contribution in [3.8, 4) is 33.4 Å². The van der Waals surface area contributed by atoms with Crippen LogP contribution in [0.1, 0.15) is 52.8 Å². The number of nitrogens with zero attached hydrogens (tertiary/aromatic N) is 1. The number of hydrogen-bond donors (Lipinski definition) is 0. The Bertz CT molecular complexity index is 4430. The third-order valence-electron chi connectivity index (χ3n) is 15.1. The van der Waals surface area contributed by atoms with Crippen molar-refractivity contribution < 1.29 is 8.83 Å². The van der Waals surface area contributed by atoms with Crippen molar-refractivity contribution in [1.82, 2.24) is 0 Å². The van der Waals surface area contributed by atoms with E-state index in [4.69, 9.17) is 13.8 Å². The van der Waals surface area contributed by atoms with Crippen LogP contribution in [0.25, 0.3) is 109 Å². The van der Waals surface area contributed by atoms with Crippen LogP contribution in [0.3, 0.4) is 0 Å². The molecule has 0 fully saturated rings. The molecule has 3 aromatic heterocycles. The van der Waals surface area contributed by atoms with E-state index in [2.05, 4.69) is 203 Å². The van der Waals surface area contributed by atoms with Crippen LogP contribution in [-0.4, -0.2) is 5.71 Å². The molecule has 1 spiro atoms. The van der Waals surface area contributed by atoms with Crippen LogP contribution in [0.2, 0.25) is 0 Å². The standard InChI is InChI=1S/C40H26O.C28H19NOS/c1-24(2)26-14-10-20-37-39(26)31-23-25(21-22-36(31)41-37)27-15-9-19-35-38(27)30-13-5-8-18-34(30)40(35)32-16-6-3-11-28(32)29-12-4-7-17-33(29)40;1-17(19-11-7-14-24-27(19)21-9-3-5-13-23(21)30-24)29-18(2)20-12-8-16-26-28(20)22-10-4-6-15-25(22)31-26/h3-23H,1H2,2H3;3-16H,1H2,2H3. The van der Waals surface area contributed by atoms with Crippen LogP contribution in [0.5, 0.6) is 0 Å². The summed E-state index contributed by atoms with van der Waals surface area (Å²) in [5.74, 6) is 0. The van der Waals surface area contributed by atoms with Gasteiger partial charge in [-0.1, -0.05) is 189 Å². The number of rotatable bonds is 5. The molecule has 0 aliphatic heterocycles. The van der Waals surface area contributed by atoms with Crippen LogP contribution >= 0.6 is 11.3 Å². The maximum absolute atomic E-state index is 6.30. The summed E-state index contributed by atoms with van der Waals surface area (Å²) in [7, 11) is 0. The van der Waals surface area contributed by atoms with Crippen LogP contribution < -0.4 is 0 Å². The van der Waals surface area contributed by atoms with Gasteiger partial charge in [-0.2, -0.15) is 0 Å². The summed E-state index contributed by atoms with van der Waals surface area (Å²) in [6.07, 6.45) is 0. The molecule has 0 saturated carbocycles. The smallest absolute Gasteiger partial charge is 0.136 e. The Labute approximate surface area is 421 Å². The molecule has 2 aliphatic carbocycles. The lowest BCUT2D eigenvalue weighted by Gasteiger charge is -2.30. The van der Waals surface area contributed by atoms with Gasteiger partial charge in [0.1, 0.15) is 22.3 Å². The number of fused-ring (bicyclic) bond motifs is 19. The van der Waals surface area contributed by atoms with Crippen molar-refractivity contribution in [2.75, 3.05) is 0 Å². The molecule has 3 nitrogen and oxygen atoms in total. The van der Waals surface area contributed by atoms with E-state index in [-0.39, 0.29) is 5.41 Å². The average molecular weight is 940 g/mol. The first kappa shape index (κ1) is 42.1. The normalized spacial score (nSPS) is 13.2. The Hall–Kier alpha value is -8.83. The molecule has 0 amide bonds. The highest BCUT2D eigenvalue weighted by atomic mass is 32.1. The number of hydrogen-bond acceptors (Lipinski definition) is 4. The van der Waals surface area contributed by atoms with Gasteiger partial charge >= 0.3 is 0 Å². The van der Waals surface area contributed by atoms with Crippen LogP contribution in [-0.2, 0) is 5.41 Å². The minimum Gasteiger partial charge on any atom is -0.456 e. The summed E-state index contributed by atoms with van der Waals surface area (Å²) in [5, 5.41) is 6.98. The highest BCUT2D eigenvalue weighted by Crippen LogP contribution is 2.64. The SMILES string of the molecule is C=C(C)c1cccc2oc3ccc(-c4cccc5c4-c4ccccc4C54c5ccccc5-c5ccccc54)cc3c12.C=C(N=C(C)c1cccc2sc3ccccc3c12)c1cccc2oc3ccccc3c12. The minimum atomic E-state index is -0.339. The molecule has 13 aromatic rings. The van der Waals surface area contributed by atoms with Gasteiger partial charge in [-0.25, -0.2) is 0 Å². The van der Waals surface area contributed by atoms with Crippen molar-refractivity contribution >= 4 is 92.4 Å². The first-order chi connectivity index (χ1) is 35.4.